The average Bonchev–Trinajstić information content (AvgIpc) is 2.60. The number of carbonyl (C=O) groups excluding carboxylic acids is 2. The van der Waals surface area contributed by atoms with Crippen molar-refractivity contribution in [1.82, 2.24) is 10.2 Å². The number of alkyl carbamates (subject to hydrolysis) is 1. The third-order valence-corrected chi connectivity index (χ3v) is 3.83. The van der Waals surface area contributed by atoms with Gasteiger partial charge in [0.2, 0.25) is 5.91 Å². The van der Waals surface area contributed by atoms with E-state index in [1.807, 2.05) is 0 Å². The molecule has 134 valence electrons. The number of rotatable bonds is 5. The monoisotopic (exact) mass is 347 g/mol. The first-order chi connectivity index (χ1) is 12.0. The Labute approximate surface area is 145 Å². The van der Waals surface area contributed by atoms with Gasteiger partial charge in [-0.25, -0.2) is 4.79 Å². The number of likely N-dealkylation sites (tertiary alicyclic amines) is 1. The second-order valence-corrected chi connectivity index (χ2v) is 5.67. The molecule has 0 aliphatic carbocycles. The Hall–Kier alpha value is -2.90. The third kappa shape index (κ3) is 5.59. The highest BCUT2D eigenvalue weighted by atomic mass is 16.6. The number of ether oxygens (including phenoxy) is 1. The predicted octanol–water partition coefficient (Wildman–Crippen LogP) is 2.35. The van der Waals surface area contributed by atoms with Gasteiger partial charge in [0.1, 0.15) is 0 Å². The molecule has 0 saturated carbocycles. The van der Waals surface area contributed by atoms with Crippen LogP contribution in [-0.4, -0.2) is 47.6 Å². The molecule has 1 heterocycles. The van der Waals surface area contributed by atoms with Crippen molar-refractivity contribution in [2.45, 2.75) is 25.8 Å². The molecule has 2 amide bonds. The predicted molar refractivity (Wildman–Crippen MR) is 91.9 cm³/mol. The molecule has 2 rings (SSSR count). The van der Waals surface area contributed by atoms with Crippen LogP contribution < -0.4 is 5.32 Å². The molecule has 1 N–H and O–H groups in total. The highest BCUT2D eigenvalue weighted by Gasteiger charge is 2.23. The van der Waals surface area contributed by atoms with Gasteiger partial charge in [-0.1, -0.05) is 12.1 Å². The highest BCUT2D eigenvalue weighted by Crippen LogP contribution is 2.15. The van der Waals surface area contributed by atoms with Crippen LogP contribution in [-0.2, 0) is 9.53 Å². The van der Waals surface area contributed by atoms with E-state index in [1.165, 1.54) is 18.2 Å². The van der Waals surface area contributed by atoms with Gasteiger partial charge >= 0.3 is 6.09 Å². The van der Waals surface area contributed by atoms with E-state index >= 15 is 0 Å². The second kappa shape index (κ2) is 8.81. The molecule has 0 aromatic heterocycles. The van der Waals surface area contributed by atoms with Crippen LogP contribution >= 0.6 is 0 Å². The summed E-state index contributed by atoms with van der Waals surface area (Å²) in [6.45, 7) is 3.05. The van der Waals surface area contributed by atoms with E-state index in [0.717, 1.165) is 12.8 Å². The highest BCUT2D eigenvalue weighted by molar-refractivity contribution is 5.92. The Morgan fingerprint density at radius 1 is 1.48 bits per heavy atom. The molecule has 0 radical (unpaired) electrons. The largest absolute Gasteiger partial charge is 0.450 e. The summed E-state index contributed by atoms with van der Waals surface area (Å²) >= 11 is 0. The van der Waals surface area contributed by atoms with E-state index in [0.29, 0.717) is 25.3 Å². The number of piperidine rings is 1. The Bertz CT molecular complexity index is 674. The summed E-state index contributed by atoms with van der Waals surface area (Å²) in [5.74, 6) is -0.193. The number of nitrogens with zero attached hydrogens (tertiary/aromatic N) is 2. The van der Waals surface area contributed by atoms with E-state index in [4.69, 9.17) is 4.74 Å². The van der Waals surface area contributed by atoms with Crippen LogP contribution in [0.15, 0.2) is 30.3 Å². The maximum atomic E-state index is 12.3. The molecule has 0 bridgehead atoms. The van der Waals surface area contributed by atoms with Gasteiger partial charge < -0.3 is 15.0 Å². The second-order valence-electron chi connectivity index (χ2n) is 5.67. The summed E-state index contributed by atoms with van der Waals surface area (Å²) in [6.07, 6.45) is 4.04. The molecule has 25 heavy (non-hydrogen) atoms. The minimum absolute atomic E-state index is 0.0220. The zero-order valence-electron chi connectivity index (χ0n) is 14.0. The number of nitro groups is 1. The molecule has 8 heteroatoms. The summed E-state index contributed by atoms with van der Waals surface area (Å²) in [4.78, 5) is 35.7. The molecule has 0 spiro atoms. The first-order valence-corrected chi connectivity index (χ1v) is 8.14. The molecular formula is C17H21N3O5. The molecule has 0 unspecified atom stereocenters. The maximum Gasteiger partial charge on any atom is 0.407 e. The number of hydrogen-bond acceptors (Lipinski definition) is 5. The lowest BCUT2D eigenvalue weighted by Crippen LogP contribution is -2.49. The Morgan fingerprint density at radius 3 is 3.00 bits per heavy atom. The molecule has 1 atom stereocenters. The molecule has 1 aliphatic rings. The van der Waals surface area contributed by atoms with Gasteiger partial charge in [0.15, 0.2) is 0 Å². The minimum atomic E-state index is -0.478. The Balaban J connectivity index is 1.94. The van der Waals surface area contributed by atoms with Crippen molar-refractivity contribution in [3.63, 3.8) is 0 Å². The Morgan fingerprint density at radius 2 is 2.28 bits per heavy atom. The van der Waals surface area contributed by atoms with Crippen molar-refractivity contribution < 1.29 is 19.2 Å². The van der Waals surface area contributed by atoms with Gasteiger partial charge in [0, 0.05) is 37.3 Å². The van der Waals surface area contributed by atoms with Gasteiger partial charge in [-0.3, -0.25) is 14.9 Å². The fourth-order valence-electron chi connectivity index (χ4n) is 2.65. The van der Waals surface area contributed by atoms with Gasteiger partial charge in [-0.2, -0.15) is 0 Å². The lowest BCUT2D eigenvalue weighted by Gasteiger charge is -2.32. The summed E-state index contributed by atoms with van der Waals surface area (Å²) in [6, 6.07) is 5.93. The topological polar surface area (TPSA) is 102 Å². The van der Waals surface area contributed by atoms with Crippen LogP contribution in [0.3, 0.4) is 0 Å². The fraction of sp³-hybridized carbons (Fsp3) is 0.412. The van der Waals surface area contributed by atoms with E-state index in [9.17, 15) is 19.7 Å². The van der Waals surface area contributed by atoms with Crippen LogP contribution in [0.5, 0.6) is 0 Å². The molecule has 1 aromatic carbocycles. The van der Waals surface area contributed by atoms with E-state index in [-0.39, 0.29) is 17.6 Å². The molecular weight excluding hydrogens is 326 g/mol. The number of benzene rings is 1. The van der Waals surface area contributed by atoms with Crippen LogP contribution in [0.25, 0.3) is 6.08 Å². The number of nitro benzene ring substituents is 1. The maximum absolute atomic E-state index is 12.3. The standard InChI is InChI=1S/C17H21N3O5/c1-2-25-17(22)18-14-6-4-10-19(12-14)16(21)9-8-13-5-3-7-15(11-13)20(23)24/h3,5,7-9,11,14H,2,4,6,10,12H2,1H3,(H,18,22)/b9-8-/t14-/m1/s1. The van der Waals surface area contributed by atoms with E-state index in [1.54, 1.807) is 30.0 Å². The lowest BCUT2D eigenvalue weighted by atomic mass is 10.1. The lowest BCUT2D eigenvalue weighted by molar-refractivity contribution is -0.384. The first-order valence-electron chi connectivity index (χ1n) is 8.14. The van der Waals surface area contributed by atoms with Crippen molar-refractivity contribution in [3.05, 3.63) is 46.0 Å². The first kappa shape index (κ1) is 18.4. The summed E-state index contributed by atoms with van der Waals surface area (Å²) in [7, 11) is 0. The number of amides is 2. The number of non-ortho nitro benzene ring substituents is 1. The van der Waals surface area contributed by atoms with Crippen molar-refractivity contribution in [2.75, 3.05) is 19.7 Å². The summed E-state index contributed by atoms with van der Waals surface area (Å²) < 4.78 is 4.85. The van der Waals surface area contributed by atoms with Gasteiger partial charge in [0.05, 0.1) is 11.5 Å². The molecule has 8 nitrogen and oxygen atoms in total. The van der Waals surface area contributed by atoms with Crippen molar-refractivity contribution in [2.24, 2.45) is 0 Å². The van der Waals surface area contributed by atoms with E-state index < -0.39 is 11.0 Å². The van der Waals surface area contributed by atoms with Gasteiger partial charge in [-0.05, 0) is 31.4 Å². The van der Waals surface area contributed by atoms with Crippen LogP contribution in [0.1, 0.15) is 25.3 Å². The normalized spacial score (nSPS) is 17.3. The zero-order chi connectivity index (χ0) is 18.2. The quantitative estimate of drug-likeness (QED) is 0.500. The molecule has 1 fully saturated rings. The van der Waals surface area contributed by atoms with Crippen LogP contribution in [0, 0.1) is 10.1 Å². The van der Waals surface area contributed by atoms with Gasteiger partial charge in [-0.15, -0.1) is 0 Å². The molecule has 1 saturated heterocycles. The van der Waals surface area contributed by atoms with Gasteiger partial charge in [0.25, 0.3) is 5.69 Å². The molecule has 1 aromatic rings. The third-order valence-electron chi connectivity index (χ3n) is 3.83. The van der Waals surface area contributed by atoms with Crippen molar-refractivity contribution in [1.29, 1.82) is 0 Å². The SMILES string of the molecule is CCOC(=O)N[C@@H]1CCCN(C(=O)/C=C\c2cccc([N+](=O)[O-])c2)C1. The minimum Gasteiger partial charge on any atom is -0.450 e. The molecule has 1 aliphatic heterocycles. The summed E-state index contributed by atoms with van der Waals surface area (Å²) in [5, 5.41) is 13.5. The Kier molecular flexibility index (Phi) is 6.50. The fourth-order valence-corrected chi connectivity index (χ4v) is 2.65. The number of nitrogens with one attached hydrogen (secondary N) is 1. The van der Waals surface area contributed by atoms with Crippen molar-refractivity contribution >= 4 is 23.8 Å². The average molecular weight is 347 g/mol. The number of hydrogen-bond donors (Lipinski definition) is 1. The smallest absolute Gasteiger partial charge is 0.407 e. The summed E-state index contributed by atoms with van der Waals surface area (Å²) in [5.41, 5.74) is 0.562. The van der Waals surface area contributed by atoms with E-state index in [2.05, 4.69) is 5.32 Å². The zero-order valence-corrected chi connectivity index (χ0v) is 14.0. The van der Waals surface area contributed by atoms with Crippen molar-refractivity contribution in [3.8, 4) is 0 Å². The van der Waals surface area contributed by atoms with Crippen LogP contribution in [0.4, 0.5) is 10.5 Å². The number of carbonyl (C=O) groups is 2. The van der Waals surface area contributed by atoms with Crippen LogP contribution in [0.2, 0.25) is 0 Å².